The fraction of sp³-hybridized carbons (Fsp3) is 0.929. The van der Waals surface area contributed by atoms with Crippen molar-refractivity contribution in [2.75, 3.05) is 26.4 Å². The predicted molar refractivity (Wildman–Crippen MR) is 157 cm³/mol. The van der Waals surface area contributed by atoms with E-state index in [4.69, 9.17) is 33.2 Å². The van der Waals surface area contributed by atoms with Gasteiger partial charge in [0.15, 0.2) is 25.2 Å². The van der Waals surface area contributed by atoms with Crippen LogP contribution < -0.4 is 10.6 Å². The molecule has 296 valence electrons. The summed E-state index contributed by atoms with van der Waals surface area (Å²) < 4.78 is 39.1. The maximum absolute atomic E-state index is 12.2. The zero-order valence-corrected chi connectivity index (χ0v) is 27.4. The van der Waals surface area contributed by atoms with E-state index >= 15 is 0 Å². The smallest absolute Gasteiger partial charge is 0.217 e. The molecule has 0 spiro atoms. The fourth-order valence-corrected chi connectivity index (χ4v) is 6.35. The highest BCUT2D eigenvalue weighted by atomic mass is 16.8. The lowest BCUT2D eigenvalue weighted by molar-refractivity contribution is -0.379. The zero-order valence-electron chi connectivity index (χ0n) is 27.4. The van der Waals surface area contributed by atoms with Crippen LogP contribution in [0.25, 0.3) is 0 Å². The van der Waals surface area contributed by atoms with Crippen LogP contribution in [0, 0.1) is 0 Å². The van der Waals surface area contributed by atoms with Crippen molar-refractivity contribution in [1.29, 1.82) is 0 Å². The number of amides is 2. The summed E-state index contributed by atoms with van der Waals surface area (Å²) in [6.45, 7) is -1.28. The molecule has 0 bridgehead atoms. The first-order chi connectivity index (χ1) is 24.1. The molecule has 0 aromatic carbocycles. The lowest BCUT2D eigenvalue weighted by Crippen LogP contribution is -2.70. The molecule has 4 rings (SSSR count). The third kappa shape index (κ3) is 9.11. The molecule has 0 radical (unpaired) electrons. The van der Waals surface area contributed by atoms with Gasteiger partial charge in [-0.3, -0.25) is 9.59 Å². The zero-order chi connectivity index (χ0) is 37.9. The second-order valence-electron chi connectivity index (χ2n) is 12.6. The number of ether oxygens (including phenoxy) is 7. The Kier molecular flexibility index (Phi) is 14.8. The summed E-state index contributed by atoms with van der Waals surface area (Å²) in [7, 11) is 0. The van der Waals surface area contributed by atoms with Crippen LogP contribution in [-0.4, -0.2) is 222 Å². The van der Waals surface area contributed by atoms with Crippen LogP contribution in [0.1, 0.15) is 13.8 Å². The third-order valence-electron chi connectivity index (χ3n) is 9.01. The maximum atomic E-state index is 12.2. The van der Waals surface area contributed by atoms with Gasteiger partial charge >= 0.3 is 0 Å². The molecule has 4 heterocycles. The van der Waals surface area contributed by atoms with Gasteiger partial charge in [0.2, 0.25) is 11.8 Å². The summed E-state index contributed by atoms with van der Waals surface area (Å²) in [6.07, 6.45) is -31.4. The monoisotopic (exact) mass is 748 g/mol. The predicted octanol–water partition coefficient (Wildman–Crippen LogP) is -9.46. The Morgan fingerprint density at radius 2 is 0.882 bits per heavy atom. The molecule has 51 heavy (non-hydrogen) atoms. The Labute approximate surface area is 289 Å². The van der Waals surface area contributed by atoms with E-state index in [0.29, 0.717) is 0 Å². The molecule has 20 atom stereocenters. The van der Waals surface area contributed by atoms with Crippen molar-refractivity contribution in [2.45, 2.75) is 137 Å². The Morgan fingerprint density at radius 1 is 0.471 bits per heavy atom. The third-order valence-corrected chi connectivity index (χ3v) is 9.01. The minimum atomic E-state index is -2.04. The van der Waals surface area contributed by atoms with Gasteiger partial charge < -0.3 is 105 Å². The molecule has 14 N–H and O–H groups in total. The normalized spacial score (nSPS) is 47.8. The molecular weight excluding hydrogens is 700 g/mol. The Hall–Kier alpha value is -1.82. The van der Waals surface area contributed by atoms with Crippen LogP contribution in [0.2, 0.25) is 0 Å². The lowest BCUT2D eigenvalue weighted by Gasteiger charge is -2.50. The molecule has 4 saturated heterocycles. The Bertz CT molecular complexity index is 1140. The summed E-state index contributed by atoms with van der Waals surface area (Å²) in [5.41, 5.74) is 0. The molecule has 4 fully saturated rings. The molecule has 23 nitrogen and oxygen atoms in total. The van der Waals surface area contributed by atoms with E-state index in [1.54, 1.807) is 0 Å². The van der Waals surface area contributed by atoms with Crippen LogP contribution in [0.5, 0.6) is 0 Å². The number of rotatable bonds is 12. The average molecular weight is 749 g/mol. The van der Waals surface area contributed by atoms with E-state index in [0.717, 1.165) is 13.8 Å². The van der Waals surface area contributed by atoms with E-state index < -0.39 is 161 Å². The minimum absolute atomic E-state index is 0.660. The number of aliphatic hydroxyl groups excluding tert-OH is 12. The van der Waals surface area contributed by atoms with Crippen molar-refractivity contribution in [3.63, 3.8) is 0 Å². The topological polar surface area (TPSA) is 366 Å². The van der Waals surface area contributed by atoms with E-state index in [2.05, 4.69) is 10.6 Å². The van der Waals surface area contributed by atoms with Gasteiger partial charge in [-0.15, -0.1) is 0 Å². The van der Waals surface area contributed by atoms with Gasteiger partial charge in [-0.05, 0) is 0 Å². The lowest BCUT2D eigenvalue weighted by atomic mass is 9.94. The van der Waals surface area contributed by atoms with Crippen molar-refractivity contribution < 1.29 is 104 Å². The summed E-state index contributed by atoms with van der Waals surface area (Å²) in [5, 5.41) is 130. The molecule has 23 heteroatoms. The average Bonchev–Trinajstić information content (AvgIpc) is 3.09. The van der Waals surface area contributed by atoms with Gasteiger partial charge in [0.1, 0.15) is 97.5 Å². The fourth-order valence-electron chi connectivity index (χ4n) is 6.35. The molecule has 0 unspecified atom stereocenters. The molecular formula is C28H48N2O21. The van der Waals surface area contributed by atoms with Crippen LogP contribution in [0.15, 0.2) is 0 Å². The number of hydrogen-bond acceptors (Lipinski definition) is 21. The standard InChI is InChI=1S/C28H48N2O21/c1-7(35)29-13-17(39)22(11(5-33)45-25(13)44)49-26-14(30-8(2)36)18(40)23(12(6-34)48-26)50-28-21(43)24(16(38)10(4-32)47-28)51-27-20(42)19(41)15(37)9(3-31)46-27/h9-28,31-34,37-44H,3-6H2,1-2H3,(H,29,35)(H,30,36)/t9-,10-,11-,12-,13+,14-,15-,16-,17-,18-,19+,20+,21+,22-,23-,24+,25+,26-,27+,28+/m1/s1. The summed E-state index contributed by atoms with van der Waals surface area (Å²) in [6, 6.07) is -3.04. The van der Waals surface area contributed by atoms with E-state index in [-0.39, 0.29) is 0 Å². The van der Waals surface area contributed by atoms with Gasteiger partial charge in [0.25, 0.3) is 0 Å². The second-order valence-corrected chi connectivity index (χ2v) is 12.6. The summed E-state index contributed by atoms with van der Waals surface area (Å²) in [5.74, 6) is -1.40. The first-order valence-electron chi connectivity index (χ1n) is 16.1. The van der Waals surface area contributed by atoms with E-state index in [9.17, 15) is 70.9 Å². The molecule has 0 aromatic rings. The van der Waals surface area contributed by atoms with Crippen LogP contribution in [-0.2, 0) is 42.7 Å². The first kappa shape index (κ1) is 41.9. The van der Waals surface area contributed by atoms with Crippen molar-refractivity contribution in [3.8, 4) is 0 Å². The quantitative estimate of drug-likeness (QED) is 0.0881. The minimum Gasteiger partial charge on any atom is -0.394 e. The second kappa shape index (κ2) is 18.0. The Balaban J connectivity index is 1.56. The van der Waals surface area contributed by atoms with Crippen LogP contribution >= 0.6 is 0 Å². The number of nitrogens with one attached hydrogen (secondary N) is 2. The SMILES string of the molecule is CC(=O)N[C@H]1[C@@H](O[C@H]2[C@H](O)[C@H](NC(C)=O)[C@@H](O)O[C@@H]2CO)O[C@H](CO)[C@@H](O[C@@H]2O[C@H](CO)[C@@H](O)[C@H](O[C@@H]3O[C@H](CO)[C@@H](O)[C@H](O)[C@@H]3O)[C@@H]2O)[C@@H]1O. The van der Waals surface area contributed by atoms with Crippen LogP contribution in [0.4, 0.5) is 0 Å². The van der Waals surface area contributed by atoms with Gasteiger partial charge in [-0.25, -0.2) is 0 Å². The first-order valence-corrected chi connectivity index (χ1v) is 16.1. The summed E-state index contributed by atoms with van der Waals surface area (Å²) >= 11 is 0. The van der Waals surface area contributed by atoms with Crippen molar-refractivity contribution in [1.82, 2.24) is 10.6 Å². The summed E-state index contributed by atoms with van der Waals surface area (Å²) in [4.78, 5) is 23.9. The molecule has 4 aliphatic rings. The van der Waals surface area contributed by atoms with E-state index in [1.807, 2.05) is 0 Å². The number of carbonyl (C=O) groups is 2. The van der Waals surface area contributed by atoms with Gasteiger partial charge in [0.05, 0.1) is 26.4 Å². The van der Waals surface area contributed by atoms with Gasteiger partial charge in [-0.1, -0.05) is 0 Å². The van der Waals surface area contributed by atoms with Crippen molar-refractivity contribution in [2.24, 2.45) is 0 Å². The molecule has 2 amide bonds. The molecule has 0 saturated carbocycles. The van der Waals surface area contributed by atoms with Crippen LogP contribution in [0.3, 0.4) is 0 Å². The number of carbonyl (C=O) groups excluding carboxylic acids is 2. The Morgan fingerprint density at radius 3 is 1.41 bits per heavy atom. The number of aliphatic hydroxyl groups is 12. The molecule has 4 aliphatic heterocycles. The van der Waals surface area contributed by atoms with Gasteiger partial charge in [-0.2, -0.15) is 0 Å². The maximum Gasteiger partial charge on any atom is 0.217 e. The number of hydrogen-bond donors (Lipinski definition) is 14. The largest absolute Gasteiger partial charge is 0.394 e. The van der Waals surface area contributed by atoms with E-state index in [1.165, 1.54) is 0 Å². The van der Waals surface area contributed by atoms with Gasteiger partial charge in [0, 0.05) is 13.8 Å². The molecule has 0 aromatic heterocycles. The van der Waals surface area contributed by atoms with Crippen molar-refractivity contribution >= 4 is 11.8 Å². The highest BCUT2D eigenvalue weighted by Gasteiger charge is 2.55. The highest BCUT2D eigenvalue weighted by Crippen LogP contribution is 2.34. The molecule has 0 aliphatic carbocycles. The van der Waals surface area contributed by atoms with Crippen molar-refractivity contribution in [3.05, 3.63) is 0 Å². The highest BCUT2D eigenvalue weighted by molar-refractivity contribution is 5.73.